The second-order valence-electron chi connectivity index (χ2n) is 2.95. The van der Waals surface area contributed by atoms with Crippen molar-refractivity contribution in [2.24, 2.45) is 0 Å². The van der Waals surface area contributed by atoms with E-state index in [0.717, 1.165) is 0 Å². The molecule has 0 spiro atoms. The van der Waals surface area contributed by atoms with E-state index in [9.17, 15) is 13.2 Å². The topological polar surface area (TPSA) is 38.1 Å². The van der Waals surface area contributed by atoms with E-state index in [1.807, 2.05) is 0 Å². The molecule has 0 saturated heterocycles. The molecule has 0 unspecified atom stereocenters. The van der Waals surface area contributed by atoms with Gasteiger partial charge in [-0.3, -0.25) is 0 Å². The summed E-state index contributed by atoms with van der Waals surface area (Å²) in [5.41, 5.74) is 1.00. The molecule has 2 aromatic rings. The third-order valence-electron chi connectivity index (χ3n) is 1.92. The summed E-state index contributed by atoms with van der Waals surface area (Å²) in [4.78, 5) is 3.36. The number of anilines is 1. The van der Waals surface area contributed by atoms with Gasteiger partial charge in [0.15, 0.2) is 5.58 Å². The molecule has 0 radical (unpaired) electrons. The van der Waals surface area contributed by atoms with Crippen LogP contribution in [0.15, 0.2) is 22.6 Å². The van der Waals surface area contributed by atoms with Crippen molar-refractivity contribution in [3.63, 3.8) is 0 Å². The van der Waals surface area contributed by atoms with Gasteiger partial charge in [0.1, 0.15) is 5.52 Å². The number of aromatic nitrogens is 1. The smallest absolute Gasteiger partial charge is 0.433 e. The first kappa shape index (κ1) is 9.82. The van der Waals surface area contributed by atoms with Gasteiger partial charge in [-0.05, 0) is 18.2 Å². The van der Waals surface area contributed by atoms with Crippen LogP contribution in [0.4, 0.5) is 18.9 Å². The van der Waals surface area contributed by atoms with Gasteiger partial charge in [-0.15, -0.1) is 0 Å². The van der Waals surface area contributed by atoms with Gasteiger partial charge in [0.25, 0.3) is 0 Å². The standard InChI is InChI=1S/C9H7F3N2O/c1-13-5-2-3-7-6(4-5)14-8(15-7)9(10,11)12/h2-4,13H,1H3. The van der Waals surface area contributed by atoms with E-state index in [1.54, 1.807) is 13.1 Å². The lowest BCUT2D eigenvalue weighted by Gasteiger charge is -1.97. The summed E-state index contributed by atoms with van der Waals surface area (Å²) in [5.74, 6) is -1.22. The predicted molar refractivity (Wildman–Crippen MR) is 48.6 cm³/mol. The number of benzene rings is 1. The minimum atomic E-state index is -4.54. The average molecular weight is 216 g/mol. The number of alkyl halides is 3. The van der Waals surface area contributed by atoms with E-state index in [4.69, 9.17) is 0 Å². The van der Waals surface area contributed by atoms with Crippen molar-refractivity contribution in [2.45, 2.75) is 6.18 Å². The Morgan fingerprint density at radius 3 is 2.67 bits per heavy atom. The molecule has 0 saturated carbocycles. The largest absolute Gasteiger partial charge is 0.468 e. The number of nitrogens with one attached hydrogen (secondary N) is 1. The molecular weight excluding hydrogens is 209 g/mol. The first-order valence-electron chi connectivity index (χ1n) is 4.16. The van der Waals surface area contributed by atoms with E-state index >= 15 is 0 Å². The predicted octanol–water partition coefficient (Wildman–Crippen LogP) is 2.89. The maximum Gasteiger partial charge on any atom is 0.468 e. The summed E-state index contributed by atoms with van der Waals surface area (Å²) in [7, 11) is 1.67. The molecule has 3 nitrogen and oxygen atoms in total. The molecule has 1 heterocycles. The van der Waals surface area contributed by atoms with Crippen molar-refractivity contribution in [2.75, 3.05) is 12.4 Å². The molecule has 0 aliphatic heterocycles. The number of hydrogen-bond acceptors (Lipinski definition) is 3. The minimum absolute atomic E-state index is 0.126. The van der Waals surface area contributed by atoms with E-state index in [2.05, 4.69) is 14.7 Å². The third-order valence-corrected chi connectivity index (χ3v) is 1.92. The fourth-order valence-corrected chi connectivity index (χ4v) is 1.20. The average Bonchev–Trinajstić information content (AvgIpc) is 2.59. The van der Waals surface area contributed by atoms with Crippen LogP contribution in [0.5, 0.6) is 0 Å². The Kier molecular flexibility index (Phi) is 2.06. The van der Waals surface area contributed by atoms with E-state index in [1.165, 1.54) is 12.1 Å². The number of fused-ring (bicyclic) bond motifs is 1. The number of oxazole rings is 1. The molecule has 0 fully saturated rings. The molecule has 15 heavy (non-hydrogen) atoms. The second-order valence-corrected chi connectivity index (χ2v) is 2.95. The maximum atomic E-state index is 12.2. The normalized spacial score (nSPS) is 12.0. The fourth-order valence-electron chi connectivity index (χ4n) is 1.20. The molecule has 6 heteroatoms. The molecule has 0 amide bonds. The van der Waals surface area contributed by atoms with Crippen molar-refractivity contribution >= 4 is 16.8 Å². The highest BCUT2D eigenvalue weighted by atomic mass is 19.4. The van der Waals surface area contributed by atoms with Gasteiger partial charge in [-0.25, -0.2) is 4.98 Å². The highest BCUT2D eigenvalue weighted by Gasteiger charge is 2.37. The van der Waals surface area contributed by atoms with Gasteiger partial charge < -0.3 is 9.73 Å². The zero-order chi connectivity index (χ0) is 11.1. The van der Waals surface area contributed by atoms with Gasteiger partial charge in [0.2, 0.25) is 0 Å². The lowest BCUT2D eigenvalue weighted by atomic mass is 10.3. The fraction of sp³-hybridized carbons (Fsp3) is 0.222. The quantitative estimate of drug-likeness (QED) is 0.796. The number of rotatable bonds is 1. The molecule has 0 bridgehead atoms. The van der Waals surface area contributed by atoms with Gasteiger partial charge in [-0.2, -0.15) is 13.2 Å². The summed E-state index contributed by atoms with van der Waals surface area (Å²) in [6.07, 6.45) is -4.54. The molecule has 0 atom stereocenters. The maximum absolute atomic E-state index is 12.2. The van der Waals surface area contributed by atoms with Crippen molar-refractivity contribution in [3.05, 3.63) is 24.1 Å². The van der Waals surface area contributed by atoms with Crippen LogP contribution in [-0.4, -0.2) is 12.0 Å². The minimum Gasteiger partial charge on any atom is -0.433 e. The highest BCUT2D eigenvalue weighted by Crippen LogP contribution is 2.31. The molecule has 1 N–H and O–H groups in total. The first-order chi connectivity index (χ1) is 7.00. The Bertz CT molecular complexity index is 490. The van der Waals surface area contributed by atoms with Crippen molar-refractivity contribution in [3.8, 4) is 0 Å². The van der Waals surface area contributed by atoms with E-state index in [-0.39, 0.29) is 11.1 Å². The van der Waals surface area contributed by atoms with Crippen LogP contribution in [-0.2, 0) is 6.18 Å². The lowest BCUT2D eigenvalue weighted by molar-refractivity contribution is -0.156. The molecule has 1 aromatic heterocycles. The van der Waals surface area contributed by atoms with Gasteiger partial charge >= 0.3 is 12.1 Å². The SMILES string of the molecule is CNc1ccc2oc(C(F)(F)F)nc2c1. The van der Waals surface area contributed by atoms with Crippen LogP contribution < -0.4 is 5.32 Å². The summed E-state index contributed by atoms with van der Waals surface area (Å²) >= 11 is 0. The van der Waals surface area contributed by atoms with E-state index in [0.29, 0.717) is 5.69 Å². The molecule has 2 rings (SSSR count). The van der Waals surface area contributed by atoms with Crippen molar-refractivity contribution in [1.29, 1.82) is 0 Å². The second kappa shape index (κ2) is 3.15. The van der Waals surface area contributed by atoms with Crippen molar-refractivity contribution < 1.29 is 17.6 Å². The molecule has 0 aliphatic carbocycles. The highest BCUT2D eigenvalue weighted by molar-refractivity contribution is 5.77. The third kappa shape index (κ3) is 1.74. The molecule has 80 valence electrons. The van der Waals surface area contributed by atoms with Crippen molar-refractivity contribution in [1.82, 2.24) is 4.98 Å². The Morgan fingerprint density at radius 2 is 2.07 bits per heavy atom. The number of halogens is 3. The van der Waals surface area contributed by atoms with Gasteiger partial charge in [-0.1, -0.05) is 0 Å². The summed E-state index contributed by atoms with van der Waals surface area (Å²) in [6.45, 7) is 0. The molecule has 1 aromatic carbocycles. The zero-order valence-corrected chi connectivity index (χ0v) is 7.72. The van der Waals surface area contributed by atoms with Gasteiger partial charge in [0, 0.05) is 12.7 Å². The van der Waals surface area contributed by atoms with Crippen LogP contribution in [0.1, 0.15) is 5.89 Å². The van der Waals surface area contributed by atoms with Crippen LogP contribution >= 0.6 is 0 Å². The summed E-state index contributed by atoms with van der Waals surface area (Å²) < 4.78 is 41.3. The lowest BCUT2D eigenvalue weighted by Crippen LogP contribution is -2.04. The van der Waals surface area contributed by atoms with Crippen LogP contribution in [0.25, 0.3) is 11.1 Å². The van der Waals surface area contributed by atoms with Gasteiger partial charge in [0.05, 0.1) is 0 Å². The summed E-state index contributed by atoms with van der Waals surface area (Å²) in [5, 5.41) is 2.80. The monoisotopic (exact) mass is 216 g/mol. The molecule has 0 aliphatic rings. The molecular formula is C9H7F3N2O. The number of nitrogens with zero attached hydrogens (tertiary/aromatic N) is 1. The van der Waals surface area contributed by atoms with E-state index < -0.39 is 12.1 Å². The zero-order valence-electron chi connectivity index (χ0n) is 7.72. The van der Waals surface area contributed by atoms with Crippen LogP contribution in [0, 0.1) is 0 Å². The Morgan fingerprint density at radius 1 is 1.33 bits per heavy atom. The Balaban J connectivity index is 2.56. The summed E-state index contributed by atoms with van der Waals surface area (Å²) in [6, 6.07) is 4.56. The van der Waals surface area contributed by atoms with Crippen LogP contribution in [0.2, 0.25) is 0 Å². The number of hydrogen-bond donors (Lipinski definition) is 1. The Hall–Kier alpha value is -1.72. The first-order valence-corrected chi connectivity index (χ1v) is 4.16. The Labute approximate surface area is 82.9 Å². The van der Waals surface area contributed by atoms with Crippen LogP contribution in [0.3, 0.4) is 0 Å².